The minimum atomic E-state index is -0.380. The number of hydrogen-bond donors (Lipinski definition) is 1. The van der Waals surface area contributed by atoms with Crippen molar-refractivity contribution in [3.05, 3.63) is 35.9 Å². The number of piperidine rings is 1. The molecule has 2 bridgehead atoms. The zero-order valence-electron chi connectivity index (χ0n) is 12.6. The molecule has 110 valence electrons. The van der Waals surface area contributed by atoms with E-state index in [0.29, 0.717) is 12.1 Å². The van der Waals surface area contributed by atoms with Gasteiger partial charge in [-0.05, 0) is 37.7 Å². The Labute approximate surface area is 122 Å². The molecular weight excluding hydrogens is 246 g/mol. The number of rotatable bonds is 5. The first kappa shape index (κ1) is 14.1. The highest BCUT2D eigenvalue weighted by Crippen LogP contribution is 2.43. The standard InChI is InChI=1S/C18H27NO/c1-2-3-11-18(20)12-16-9-10-17(13-18)19(16)14-15-7-5-4-6-8-15/h4-8,16-17,20H,2-3,9-14H2,1H3. The fourth-order valence-electron chi connectivity index (χ4n) is 4.18. The molecule has 1 aromatic carbocycles. The summed E-state index contributed by atoms with van der Waals surface area (Å²) in [5.41, 5.74) is 1.03. The third-order valence-corrected chi connectivity index (χ3v) is 5.21. The molecule has 2 heterocycles. The van der Waals surface area contributed by atoms with E-state index in [4.69, 9.17) is 0 Å². The van der Waals surface area contributed by atoms with Crippen LogP contribution in [0.2, 0.25) is 0 Å². The van der Waals surface area contributed by atoms with Gasteiger partial charge >= 0.3 is 0 Å². The second-order valence-electron chi connectivity index (χ2n) is 6.78. The highest BCUT2D eigenvalue weighted by molar-refractivity contribution is 5.16. The van der Waals surface area contributed by atoms with Crippen LogP contribution in [0.5, 0.6) is 0 Å². The lowest BCUT2D eigenvalue weighted by Gasteiger charge is -2.44. The number of aliphatic hydroxyl groups is 1. The first-order valence-corrected chi connectivity index (χ1v) is 8.22. The van der Waals surface area contributed by atoms with Crippen molar-refractivity contribution in [1.82, 2.24) is 4.90 Å². The average molecular weight is 273 g/mol. The van der Waals surface area contributed by atoms with Gasteiger partial charge in [-0.2, -0.15) is 0 Å². The topological polar surface area (TPSA) is 23.5 Å². The van der Waals surface area contributed by atoms with Crippen molar-refractivity contribution in [3.8, 4) is 0 Å². The van der Waals surface area contributed by atoms with Crippen LogP contribution in [-0.4, -0.2) is 27.7 Å². The van der Waals surface area contributed by atoms with Crippen LogP contribution < -0.4 is 0 Å². The summed E-state index contributed by atoms with van der Waals surface area (Å²) in [5.74, 6) is 0. The van der Waals surface area contributed by atoms with Gasteiger partial charge in [0.05, 0.1) is 5.60 Å². The van der Waals surface area contributed by atoms with E-state index in [0.717, 1.165) is 32.2 Å². The molecule has 1 aromatic rings. The monoisotopic (exact) mass is 273 g/mol. The van der Waals surface area contributed by atoms with Gasteiger partial charge in [0.1, 0.15) is 0 Å². The van der Waals surface area contributed by atoms with E-state index in [1.165, 1.54) is 24.8 Å². The van der Waals surface area contributed by atoms with Crippen molar-refractivity contribution in [3.63, 3.8) is 0 Å². The van der Waals surface area contributed by atoms with E-state index in [2.05, 4.69) is 42.2 Å². The van der Waals surface area contributed by atoms with Crippen molar-refractivity contribution in [2.45, 2.75) is 76.1 Å². The lowest BCUT2D eigenvalue weighted by atomic mass is 9.82. The van der Waals surface area contributed by atoms with Crippen LogP contribution in [0.1, 0.15) is 57.4 Å². The summed E-state index contributed by atoms with van der Waals surface area (Å²) >= 11 is 0. The molecule has 1 N–H and O–H groups in total. The second kappa shape index (κ2) is 5.87. The summed E-state index contributed by atoms with van der Waals surface area (Å²) in [5, 5.41) is 10.8. The second-order valence-corrected chi connectivity index (χ2v) is 6.78. The highest BCUT2D eigenvalue weighted by Gasteiger charge is 2.46. The van der Waals surface area contributed by atoms with Crippen molar-refractivity contribution in [2.24, 2.45) is 0 Å². The summed E-state index contributed by atoms with van der Waals surface area (Å²) in [6, 6.07) is 12.0. The number of nitrogens with zero attached hydrogens (tertiary/aromatic N) is 1. The van der Waals surface area contributed by atoms with Crippen LogP contribution in [0.25, 0.3) is 0 Å². The maximum Gasteiger partial charge on any atom is 0.0677 e. The zero-order valence-corrected chi connectivity index (χ0v) is 12.6. The Morgan fingerprint density at radius 2 is 1.80 bits per heavy atom. The molecular formula is C18H27NO. The van der Waals surface area contributed by atoms with Crippen LogP contribution in [0.4, 0.5) is 0 Å². The van der Waals surface area contributed by atoms with E-state index in [9.17, 15) is 5.11 Å². The van der Waals surface area contributed by atoms with E-state index < -0.39 is 0 Å². The summed E-state index contributed by atoms with van der Waals surface area (Å²) in [4.78, 5) is 2.65. The molecule has 2 fully saturated rings. The van der Waals surface area contributed by atoms with Crippen LogP contribution in [0, 0.1) is 0 Å². The zero-order chi connectivity index (χ0) is 14.0. The van der Waals surface area contributed by atoms with Gasteiger partial charge in [-0.3, -0.25) is 4.90 Å². The van der Waals surface area contributed by atoms with Crippen LogP contribution in [0.3, 0.4) is 0 Å². The summed E-state index contributed by atoms with van der Waals surface area (Å²) in [6.07, 6.45) is 7.85. The summed E-state index contributed by atoms with van der Waals surface area (Å²) in [7, 11) is 0. The highest BCUT2D eigenvalue weighted by atomic mass is 16.3. The van der Waals surface area contributed by atoms with E-state index in [1.54, 1.807) is 0 Å². The minimum absolute atomic E-state index is 0.380. The number of fused-ring (bicyclic) bond motifs is 2. The number of benzene rings is 1. The first-order chi connectivity index (χ1) is 9.70. The van der Waals surface area contributed by atoms with E-state index in [1.807, 2.05) is 0 Å². The Morgan fingerprint density at radius 3 is 2.40 bits per heavy atom. The molecule has 2 nitrogen and oxygen atoms in total. The molecule has 2 saturated heterocycles. The molecule has 3 rings (SSSR count). The number of unbranched alkanes of at least 4 members (excludes halogenated alkanes) is 1. The van der Waals surface area contributed by atoms with E-state index >= 15 is 0 Å². The van der Waals surface area contributed by atoms with E-state index in [-0.39, 0.29) is 5.60 Å². The molecule has 2 aliphatic heterocycles. The molecule has 0 amide bonds. The Bertz CT molecular complexity index is 416. The average Bonchev–Trinajstić information content (AvgIpc) is 2.71. The van der Waals surface area contributed by atoms with Gasteiger partial charge < -0.3 is 5.11 Å². The van der Waals surface area contributed by atoms with Crippen molar-refractivity contribution < 1.29 is 5.11 Å². The largest absolute Gasteiger partial charge is 0.390 e. The van der Waals surface area contributed by atoms with Crippen molar-refractivity contribution in [2.75, 3.05) is 0 Å². The molecule has 0 aliphatic carbocycles. The van der Waals surface area contributed by atoms with Gasteiger partial charge in [0.2, 0.25) is 0 Å². The molecule has 0 aromatic heterocycles. The van der Waals surface area contributed by atoms with Crippen LogP contribution >= 0.6 is 0 Å². The normalized spacial score (nSPS) is 33.5. The Kier molecular flexibility index (Phi) is 4.13. The number of hydrogen-bond acceptors (Lipinski definition) is 2. The fourth-order valence-corrected chi connectivity index (χ4v) is 4.18. The van der Waals surface area contributed by atoms with Crippen LogP contribution in [0.15, 0.2) is 30.3 Å². The van der Waals surface area contributed by atoms with Crippen molar-refractivity contribution in [1.29, 1.82) is 0 Å². The van der Waals surface area contributed by atoms with Gasteiger partial charge in [-0.15, -0.1) is 0 Å². The molecule has 0 radical (unpaired) electrons. The third kappa shape index (κ3) is 2.91. The van der Waals surface area contributed by atoms with Gasteiger partial charge in [0.25, 0.3) is 0 Å². The van der Waals surface area contributed by atoms with Gasteiger partial charge in [-0.1, -0.05) is 50.1 Å². The molecule has 2 aliphatic rings. The SMILES string of the molecule is CCCCC1(O)CC2CCC(C1)N2Cc1ccccc1. The molecule has 2 atom stereocenters. The summed E-state index contributed by atoms with van der Waals surface area (Å²) < 4.78 is 0. The lowest BCUT2D eigenvalue weighted by molar-refractivity contribution is -0.0608. The van der Waals surface area contributed by atoms with Gasteiger partial charge in [0.15, 0.2) is 0 Å². The summed E-state index contributed by atoms with van der Waals surface area (Å²) in [6.45, 7) is 3.27. The van der Waals surface area contributed by atoms with Gasteiger partial charge in [-0.25, -0.2) is 0 Å². The fraction of sp³-hybridized carbons (Fsp3) is 0.667. The minimum Gasteiger partial charge on any atom is -0.390 e. The molecule has 0 spiro atoms. The predicted octanol–water partition coefficient (Wildman–Crippen LogP) is 3.73. The smallest absolute Gasteiger partial charge is 0.0677 e. The predicted molar refractivity (Wildman–Crippen MR) is 82.5 cm³/mol. The Balaban J connectivity index is 1.66. The van der Waals surface area contributed by atoms with Crippen molar-refractivity contribution >= 4 is 0 Å². The Morgan fingerprint density at radius 1 is 1.15 bits per heavy atom. The maximum atomic E-state index is 10.8. The quantitative estimate of drug-likeness (QED) is 0.883. The first-order valence-electron chi connectivity index (χ1n) is 8.22. The third-order valence-electron chi connectivity index (χ3n) is 5.21. The van der Waals surface area contributed by atoms with Crippen LogP contribution in [-0.2, 0) is 6.54 Å². The maximum absolute atomic E-state index is 10.8. The molecule has 0 saturated carbocycles. The van der Waals surface area contributed by atoms with Gasteiger partial charge in [0, 0.05) is 18.6 Å². The molecule has 20 heavy (non-hydrogen) atoms. The Hall–Kier alpha value is -0.860. The lowest BCUT2D eigenvalue weighted by Crippen LogP contribution is -2.50. The molecule has 2 unspecified atom stereocenters. The molecule has 2 heteroatoms.